The van der Waals surface area contributed by atoms with E-state index in [4.69, 9.17) is 5.73 Å². The quantitative estimate of drug-likeness (QED) is 0.838. The zero-order chi connectivity index (χ0) is 17.0. The van der Waals surface area contributed by atoms with Crippen molar-refractivity contribution in [3.05, 3.63) is 15.6 Å². The van der Waals surface area contributed by atoms with Crippen molar-refractivity contribution >= 4 is 35.6 Å². The molecule has 24 heavy (non-hydrogen) atoms. The number of likely N-dealkylation sites (tertiary alicyclic amines) is 1. The van der Waals surface area contributed by atoms with Gasteiger partial charge in [-0.3, -0.25) is 9.59 Å². The summed E-state index contributed by atoms with van der Waals surface area (Å²) in [5.74, 6) is -0.214. The van der Waals surface area contributed by atoms with Crippen LogP contribution < -0.4 is 11.1 Å². The van der Waals surface area contributed by atoms with E-state index in [0.717, 1.165) is 34.8 Å². The molecule has 2 heterocycles. The average molecular weight is 375 g/mol. The fourth-order valence-corrected chi connectivity index (χ4v) is 3.76. The predicted molar refractivity (Wildman–Crippen MR) is 98.3 cm³/mol. The molecule has 0 aromatic carbocycles. The van der Waals surface area contributed by atoms with Crippen LogP contribution in [0.1, 0.15) is 42.3 Å². The van der Waals surface area contributed by atoms with Crippen LogP contribution in [-0.2, 0) is 22.6 Å². The Bertz CT molecular complexity index is 578. The van der Waals surface area contributed by atoms with Gasteiger partial charge in [0.2, 0.25) is 11.8 Å². The summed E-state index contributed by atoms with van der Waals surface area (Å²) >= 11 is 1.65. The molecule has 1 aromatic heterocycles. The number of carbonyl (C=O) groups is 2. The first kappa shape index (κ1) is 20.9. The van der Waals surface area contributed by atoms with Crippen LogP contribution in [0.25, 0.3) is 0 Å². The fraction of sp³-hybridized carbons (Fsp3) is 0.688. The van der Waals surface area contributed by atoms with Gasteiger partial charge < -0.3 is 16.0 Å². The van der Waals surface area contributed by atoms with Crippen molar-refractivity contribution in [2.75, 3.05) is 13.1 Å². The maximum Gasteiger partial charge on any atom is 0.225 e. The molecule has 6 nitrogen and oxygen atoms in total. The molecule has 1 aliphatic heterocycles. The van der Waals surface area contributed by atoms with E-state index in [1.807, 2.05) is 6.92 Å². The Morgan fingerprint density at radius 3 is 2.67 bits per heavy atom. The molecule has 1 fully saturated rings. The van der Waals surface area contributed by atoms with Gasteiger partial charge in [0.05, 0.1) is 23.2 Å². The maximum absolute atomic E-state index is 12.5. The summed E-state index contributed by atoms with van der Waals surface area (Å²) in [5.41, 5.74) is 6.98. The fourth-order valence-electron chi connectivity index (χ4n) is 2.81. The third-order valence-electron chi connectivity index (χ3n) is 4.26. The molecule has 3 N–H and O–H groups in total. The molecule has 2 atom stereocenters. The molecule has 136 valence electrons. The number of halogens is 1. The van der Waals surface area contributed by atoms with E-state index in [1.165, 1.54) is 6.92 Å². The Balaban J connectivity index is 0.00000288. The summed E-state index contributed by atoms with van der Waals surface area (Å²) in [6, 6.07) is -0.0486. The second-order valence-electron chi connectivity index (χ2n) is 6.15. The maximum atomic E-state index is 12.5. The highest BCUT2D eigenvalue weighted by atomic mass is 35.5. The standard InChI is InChI=1S/C16H26N4O2S.ClH/c1-4-15-19-10(2)14(23-15)7-18-16(22)12-5-6-13(17)9-20(8-12)11(3)21;/h12-13H,4-9,17H2,1-3H3,(H,18,22);1H/t12-,13+;/m1./s1. The Morgan fingerprint density at radius 2 is 2.08 bits per heavy atom. The number of nitrogens with two attached hydrogens (primary N) is 1. The normalized spacial score (nSPS) is 20.9. The van der Waals surface area contributed by atoms with E-state index < -0.39 is 0 Å². The lowest BCUT2D eigenvalue weighted by Gasteiger charge is -2.23. The van der Waals surface area contributed by atoms with Crippen LogP contribution in [-0.4, -0.2) is 40.8 Å². The number of nitrogens with zero attached hydrogens (tertiary/aromatic N) is 2. The Hall–Kier alpha value is -1.18. The highest BCUT2D eigenvalue weighted by Gasteiger charge is 2.28. The molecule has 2 rings (SSSR count). The summed E-state index contributed by atoms with van der Waals surface area (Å²) < 4.78 is 0. The number of carbonyl (C=O) groups excluding carboxylic acids is 2. The molecule has 1 aliphatic rings. The van der Waals surface area contributed by atoms with Crippen LogP contribution in [0, 0.1) is 12.8 Å². The number of rotatable bonds is 4. The van der Waals surface area contributed by atoms with Crippen LogP contribution in [0.15, 0.2) is 0 Å². The topological polar surface area (TPSA) is 88.3 Å². The van der Waals surface area contributed by atoms with Crippen molar-refractivity contribution in [2.24, 2.45) is 11.7 Å². The largest absolute Gasteiger partial charge is 0.351 e. The minimum absolute atomic E-state index is 0. The van der Waals surface area contributed by atoms with E-state index in [2.05, 4.69) is 17.2 Å². The number of amides is 2. The summed E-state index contributed by atoms with van der Waals surface area (Å²) in [4.78, 5) is 31.4. The molecule has 1 aromatic rings. The van der Waals surface area contributed by atoms with Gasteiger partial charge in [0, 0.05) is 30.9 Å². The van der Waals surface area contributed by atoms with Crippen molar-refractivity contribution in [3.63, 3.8) is 0 Å². The van der Waals surface area contributed by atoms with Crippen molar-refractivity contribution in [3.8, 4) is 0 Å². The molecule has 0 spiro atoms. The average Bonchev–Trinajstić information content (AvgIpc) is 2.74. The van der Waals surface area contributed by atoms with Gasteiger partial charge in [0.25, 0.3) is 0 Å². The number of nitrogens with one attached hydrogen (secondary N) is 1. The molecule has 0 bridgehead atoms. The highest BCUT2D eigenvalue weighted by molar-refractivity contribution is 7.11. The van der Waals surface area contributed by atoms with Crippen molar-refractivity contribution in [2.45, 2.75) is 52.6 Å². The smallest absolute Gasteiger partial charge is 0.225 e. The first-order chi connectivity index (χ1) is 10.9. The highest BCUT2D eigenvalue weighted by Crippen LogP contribution is 2.20. The van der Waals surface area contributed by atoms with Gasteiger partial charge in [0.1, 0.15) is 0 Å². The second-order valence-corrected chi connectivity index (χ2v) is 7.31. The van der Waals surface area contributed by atoms with Crippen molar-refractivity contribution < 1.29 is 9.59 Å². The monoisotopic (exact) mass is 374 g/mol. The molecule has 2 amide bonds. The van der Waals surface area contributed by atoms with Gasteiger partial charge in [-0.1, -0.05) is 6.92 Å². The first-order valence-electron chi connectivity index (χ1n) is 8.14. The second kappa shape index (κ2) is 9.34. The number of hydrogen-bond donors (Lipinski definition) is 2. The van der Waals surface area contributed by atoms with Crippen molar-refractivity contribution in [1.82, 2.24) is 15.2 Å². The first-order valence-corrected chi connectivity index (χ1v) is 8.96. The molecule has 0 unspecified atom stereocenters. The van der Waals surface area contributed by atoms with Gasteiger partial charge in [0.15, 0.2) is 0 Å². The van der Waals surface area contributed by atoms with Crippen LogP contribution in [0.4, 0.5) is 0 Å². The molecule has 0 radical (unpaired) electrons. The minimum Gasteiger partial charge on any atom is -0.351 e. The lowest BCUT2D eigenvalue weighted by atomic mass is 10.0. The Kier molecular flexibility index (Phi) is 8.12. The summed E-state index contributed by atoms with van der Waals surface area (Å²) in [6.45, 7) is 7.07. The number of aryl methyl sites for hydroxylation is 2. The van der Waals surface area contributed by atoms with Gasteiger partial charge in [-0.15, -0.1) is 23.7 Å². The van der Waals surface area contributed by atoms with Crippen molar-refractivity contribution in [1.29, 1.82) is 0 Å². The summed E-state index contributed by atoms with van der Waals surface area (Å²) in [7, 11) is 0. The van der Waals surface area contributed by atoms with Gasteiger partial charge >= 0.3 is 0 Å². The molecular formula is C16H27ClN4O2S. The molecular weight excluding hydrogens is 348 g/mol. The molecule has 1 saturated heterocycles. The zero-order valence-corrected chi connectivity index (χ0v) is 16.1. The SMILES string of the molecule is CCc1nc(C)c(CNC(=O)[C@@H]2CC[C@H](N)CN(C(C)=O)C2)s1.Cl. The van der Waals surface area contributed by atoms with E-state index in [0.29, 0.717) is 19.6 Å². The van der Waals surface area contributed by atoms with Crippen LogP contribution in [0.3, 0.4) is 0 Å². The lowest BCUT2D eigenvalue weighted by molar-refractivity contribution is -0.131. The lowest BCUT2D eigenvalue weighted by Crippen LogP contribution is -2.42. The van der Waals surface area contributed by atoms with E-state index >= 15 is 0 Å². The Labute approximate surface area is 153 Å². The molecule has 8 heteroatoms. The third-order valence-corrected chi connectivity index (χ3v) is 5.56. The minimum atomic E-state index is -0.189. The summed E-state index contributed by atoms with van der Waals surface area (Å²) in [6.07, 6.45) is 2.40. The predicted octanol–water partition coefficient (Wildman–Crippen LogP) is 1.64. The van der Waals surface area contributed by atoms with E-state index in [-0.39, 0.29) is 36.2 Å². The van der Waals surface area contributed by atoms with Gasteiger partial charge in [-0.05, 0) is 26.2 Å². The number of aromatic nitrogens is 1. The van der Waals surface area contributed by atoms with Crippen LogP contribution in [0.2, 0.25) is 0 Å². The number of hydrogen-bond acceptors (Lipinski definition) is 5. The van der Waals surface area contributed by atoms with E-state index in [1.54, 1.807) is 16.2 Å². The molecule has 0 aliphatic carbocycles. The zero-order valence-electron chi connectivity index (χ0n) is 14.5. The van der Waals surface area contributed by atoms with Gasteiger partial charge in [-0.2, -0.15) is 0 Å². The molecule has 0 saturated carbocycles. The third kappa shape index (κ3) is 5.43. The number of thiazole rings is 1. The van der Waals surface area contributed by atoms with Gasteiger partial charge in [-0.25, -0.2) is 4.98 Å². The van der Waals surface area contributed by atoms with Crippen LogP contribution in [0.5, 0.6) is 0 Å². The summed E-state index contributed by atoms with van der Waals surface area (Å²) in [5, 5.41) is 4.09. The Morgan fingerprint density at radius 1 is 1.38 bits per heavy atom. The van der Waals surface area contributed by atoms with Crippen LogP contribution >= 0.6 is 23.7 Å². The van der Waals surface area contributed by atoms with E-state index in [9.17, 15) is 9.59 Å².